The minimum absolute atomic E-state index is 0.00775. The molecule has 148 valence electrons. The molecule has 3 aromatic heterocycles. The number of aromatic nitrogens is 2. The number of nitrogens with one attached hydrogen (secondary N) is 1. The Morgan fingerprint density at radius 1 is 1.29 bits per heavy atom. The number of nitrogens with zero attached hydrogens (tertiary/aromatic N) is 2. The van der Waals surface area contributed by atoms with Crippen LogP contribution in [-0.4, -0.2) is 15.5 Å². The summed E-state index contributed by atoms with van der Waals surface area (Å²) in [7, 11) is 0. The molecule has 1 atom stereocenters. The lowest BCUT2D eigenvalue weighted by molar-refractivity contribution is 0.0930. The van der Waals surface area contributed by atoms with Crippen molar-refractivity contribution < 1.29 is 4.79 Å². The van der Waals surface area contributed by atoms with Gasteiger partial charge in [-0.15, -0.1) is 22.7 Å². The maximum absolute atomic E-state index is 13.1. The average Bonchev–Trinajstić information content (AvgIpc) is 3.22. The zero-order valence-electron chi connectivity index (χ0n) is 16.4. The maximum Gasteiger partial charge on any atom is 0.262 e. The second-order valence-electron chi connectivity index (χ2n) is 7.74. The van der Waals surface area contributed by atoms with Crippen molar-refractivity contribution in [1.82, 2.24) is 14.9 Å². The molecule has 1 aliphatic rings. The molecule has 1 aliphatic heterocycles. The van der Waals surface area contributed by atoms with Crippen LogP contribution in [0.4, 0.5) is 0 Å². The van der Waals surface area contributed by atoms with E-state index in [1.54, 1.807) is 11.3 Å². The molecular formula is C21H25N3O2S2. The minimum atomic E-state index is -0.118. The van der Waals surface area contributed by atoms with E-state index in [1.807, 2.05) is 22.9 Å². The van der Waals surface area contributed by atoms with E-state index in [1.165, 1.54) is 11.3 Å². The number of hydrogen-bond donors (Lipinski definition) is 1. The third-order valence-electron chi connectivity index (χ3n) is 5.42. The SMILES string of the molecule is Cc1c(C(=O)NC(c2cccs2)C(C)C)sc2nc3n(c(=O)c12)CCCCC3. The van der Waals surface area contributed by atoms with Crippen molar-refractivity contribution in [2.45, 2.75) is 59.0 Å². The summed E-state index contributed by atoms with van der Waals surface area (Å²) in [5.41, 5.74) is 0.761. The Labute approximate surface area is 172 Å². The summed E-state index contributed by atoms with van der Waals surface area (Å²) < 4.78 is 1.82. The molecule has 0 aliphatic carbocycles. The number of aryl methyl sites for hydroxylation is 2. The number of hydrogen-bond acceptors (Lipinski definition) is 5. The molecule has 0 saturated carbocycles. The van der Waals surface area contributed by atoms with Crippen LogP contribution in [0.25, 0.3) is 10.2 Å². The largest absolute Gasteiger partial charge is 0.343 e. The van der Waals surface area contributed by atoms with Crippen molar-refractivity contribution in [3.05, 3.63) is 49.0 Å². The first-order valence-electron chi connectivity index (χ1n) is 9.84. The smallest absolute Gasteiger partial charge is 0.262 e. The molecule has 1 unspecified atom stereocenters. The highest BCUT2D eigenvalue weighted by Crippen LogP contribution is 2.31. The highest BCUT2D eigenvalue weighted by molar-refractivity contribution is 7.20. The Morgan fingerprint density at radius 2 is 2.11 bits per heavy atom. The van der Waals surface area contributed by atoms with E-state index in [2.05, 4.69) is 25.2 Å². The average molecular weight is 416 g/mol. The van der Waals surface area contributed by atoms with E-state index in [0.29, 0.717) is 15.1 Å². The van der Waals surface area contributed by atoms with E-state index >= 15 is 0 Å². The molecule has 0 fully saturated rings. The zero-order chi connectivity index (χ0) is 19.8. The Bertz CT molecular complexity index is 1060. The van der Waals surface area contributed by atoms with Gasteiger partial charge in [0.15, 0.2) is 0 Å². The molecule has 28 heavy (non-hydrogen) atoms. The normalized spacial score (nSPS) is 15.4. The molecule has 4 heterocycles. The van der Waals surface area contributed by atoms with Gasteiger partial charge in [-0.3, -0.25) is 14.2 Å². The van der Waals surface area contributed by atoms with Crippen LogP contribution < -0.4 is 10.9 Å². The molecule has 4 rings (SSSR count). The van der Waals surface area contributed by atoms with Gasteiger partial charge in [-0.1, -0.05) is 26.3 Å². The summed E-state index contributed by atoms with van der Waals surface area (Å²) in [6, 6.07) is 4.02. The van der Waals surface area contributed by atoms with Crippen LogP contribution in [0.3, 0.4) is 0 Å². The zero-order valence-corrected chi connectivity index (χ0v) is 18.1. The molecule has 3 aromatic rings. The van der Waals surface area contributed by atoms with E-state index < -0.39 is 0 Å². The van der Waals surface area contributed by atoms with Gasteiger partial charge in [0, 0.05) is 17.8 Å². The van der Waals surface area contributed by atoms with E-state index in [9.17, 15) is 9.59 Å². The van der Waals surface area contributed by atoms with Gasteiger partial charge in [-0.2, -0.15) is 0 Å². The van der Waals surface area contributed by atoms with E-state index in [-0.39, 0.29) is 23.4 Å². The van der Waals surface area contributed by atoms with Crippen LogP contribution in [0.1, 0.15) is 65.1 Å². The predicted molar refractivity (Wildman–Crippen MR) is 116 cm³/mol. The van der Waals surface area contributed by atoms with Crippen LogP contribution in [0.15, 0.2) is 22.3 Å². The third-order valence-corrected chi connectivity index (χ3v) is 7.56. The molecule has 1 N–H and O–H groups in total. The molecule has 0 spiro atoms. The summed E-state index contributed by atoms with van der Waals surface area (Å²) in [6.07, 6.45) is 4.03. The van der Waals surface area contributed by atoms with Crippen LogP contribution in [-0.2, 0) is 13.0 Å². The third kappa shape index (κ3) is 3.42. The molecular weight excluding hydrogens is 390 g/mol. The van der Waals surface area contributed by atoms with Crippen LogP contribution in [0.5, 0.6) is 0 Å². The number of carbonyl (C=O) groups is 1. The first-order chi connectivity index (χ1) is 13.5. The van der Waals surface area contributed by atoms with Gasteiger partial charge < -0.3 is 5.32 Å². The van der Waals surface area contributed by atoms with Gasteiger partial charge in [-0.05, 0) is 42.7 Å². The quantitative estimate of drug-likeness (QED) is 0.673. The van der Waals surface area contributed by atoms with Gasteiger partial charge in [-0.25, -0.2) is 4.98 Å². The van der Waals surface area contributed by atoms with Crippen LogP contribution >= 0.6 is 22.7 Å². The van der Waals surface area contributed by atoms with Gasteiger partial charge in [0.1, 0.15) is 10.7 Å². The fraction of sp³-hybridized carbons (Fsp3) is 0.476. The lowest BCUT2D eigenvalue weighted by Gasteiger charge is -2.21. The van der Waals surface area contributed by atoms with Crippen molar-refractivity contribution in [3.63, 3.8) is 0 Å². The summed E-state index contributed by atoms with van der Waals surface area (Å²) in [5.74, 6) is 1.02. The van der Waals surface area contributed by atoms with E-state index in [4.69, 9.17) is 4.98 Å². The fourth-order valence-corrected chi connectivity index (χ4v) is 5.91. The van der Waals surface area contributed by atoms with Crippen LogP contribution in [0, 0.1) is 12.8 Å². The molecule has 0 bridgehead atoms. The van der Waals surface area contributed by atoms with Crippen molar-refractivity contribution in [3.8, 4) is 0 Å². The summed E-state index contributed by atoms with van der Waals surface area (Å²) in [4.78, 5) is 33.4. The second-order valence-corrected chi connectivity index (χ2v) is 9.72. The molecule has 5 nitrogen and oxygen atoms in total. The monoisotopic (exact) mass is 415 g/mol. The first-order valence-corrected chi connectivity index (χ1v) is 11.5. The maximum atomic E-state index is 13.1. The van der Waals surface area contributed by atoms with E-state index in [0.717, 1.165) is 48.5 Å². The first kappa shape index (κ1) is 19.3. The van der Waals surface area contributed by atoms with Gasteiger partial charge in [0.25, 0.3) is 11.5 Å². The molecule has 0 radical (unpaired) electrons. The van der Waals surface area contributed by atoms with Gasteiger partial charge in [0.2, 0.25) is 0 Å². The number of thiophene rings is 2. The summed E-state index contributed by atoms with van der Waals surface area (Å²) >= 11 is 2.99. The molecule has 0 saturated heterocycles. The molecule has 0 aromatic carbocycles. The highest BCUT2D eigenvalue weighted by atomic mass is 32.1. The van der Waals surface area contributed by atoms with Crippen molar-refractivity contribution in [2.75, 3.05) is 0 Å². The number of carbonyl (C=O) groups excluding carboxylic acids is 1. The lowest BCUT2D eigenvalue weighted by atomic mass is 10.0. The van der Waals surface area contributed by atoms with Crippen molar-refractivity contribution >= 4 is 38.8 Å². The standard InChI is InChI=1S/C21H25N3O2S2/c1-12(2)17(14-8-7-11-27-14)23-19(25)18-13(3)16-20(28-18)22-15-9-5-4-6-10-24(15)21(16)26/h7-8,11-12,17H,4-6,9-10H2,1-3H3,(H,23,25). The van der Waals surface area contributed by atoms with Crippen LogP contribution in [0.2, 0.25) is 0 Å². The fourth-order valence-electron chi connectivity index (χ4n) is 3.87. The lowest BCUT2D eigenvalue weighted by Crippen LogP contribution is -2.31. The minimum Gasteiger partial charge on any atom is -0.343 e. The van der Waals surface area contributed by atoms with Crippen molar-refractivity contribution in [2.24, 2.45) is 5.92 Å². The Morgan fingerprint density at radius 3 is 2.82 bits per heavy atom. The van der Waals surface area contributed by atoms with Gasteiger partial charge >= 0.3 is 0 Å². The number of amides is 1. The summed E-state index contributed by atoms with van der Waals surface area (Å²) in [5, 5.41) is 5.82. The Kier molecular flexibility index (Phi) is 5.38. The van der Waals surface area contributed by atoms with Crippen molar-refractivity contribution in [1.29, 1.82) is 0 Å². The molecule has 1 amide bonds. The molecule has 7 heteroatoms. The Hall–Kier alpha value is -1.99. The number of rotatable bonds is 4. The summed E-state index contributed by atoms with van der Waals surface area (Å²) in [6.45, 7) is 6.80. The topological polar surface area (TPSA) is 64.0 Å². The van der Waals surface area contributed by atoms with Gasteiger partial charge in [0.05, 0.1) is 16.3 Å². The second kappa shape index (κ2) is 7.79. The Balaban J connectivity index is 1.73. The predicted octanol–water partition coefficient (Wildman–Crippen LogP) is 4.68. The highest BCUT2D eigenvalue weighted by Gasteiger charge is 2.25. The number of fused-ring (bicyclic) bond motifs is 2.